The lowest BCUT2D eigenvalue weighted by molar-refractivity contribution is -0.125. The average molecular weight is 250 g/mol. The predicted octanol–water partition coefficient (Wildman–Crippen LogP) is 4.33. The molecule has 16 heavy (non-hydrogen) atoms. The topological polar surface area (TPSA) is 18.5 Å². The lowest BCUT2D eigenvalue weighted by Gasteiger charge is -2.13. The molecule has 0 unspecified atom stereocenters. The fourth-order valence-electron chi connectivity index (χ4n) is 1.54. The van der Waals surface area contributed by atoms with E-state index in [1.54, 1.807) is 0 Å². The highest BCUT2D eigenvalue weighted by Crippen LogP contribution is 2.36. The number of hydrogen-bond acceptors (Lipinski definition) is 3. The molecule has 0 aliphatic carbocycles. The highest BCUT2D eigenvalue weighted by Gasteiger charge is 2.23. The molecule has 0 amide bonds. The number of ether oxygens (including phenoxy) is 2. The van der Waals surface area contributed by atoms with Crippen molar-refractivity contribution in [3.8, 4) is 0 Å². The van der Waals surface area contributed by atoms with Gasteiger partial charge in [0.2, 0.25) is 0 Å². The van der Waals surface area contributed by atoms with Gasteiger partial charge < -0.3 is 9.47 Å². The summed E-state index contributed by atoms with van der Waals surface area (Å²) in [6.45, 7) is 9.97. The monoisotopic (exact) mass is 250 g/mol. The van der Waals surface area contributed by atoms with E-state index in [1.807, 2.05) is 13.8 Å². The van der Waals surface area contributed by atoms with Gasteiger partial charge in [-0.3, -0.25) is 0 Å². The summed E-state index contributed by atoms with van der Waals surface area (Å²) in [6.07, 6.45) is 2.84. The highest BCUT2D eigenvalue weighted by atomic mass is 32.2. The van der Waals surface area contributed by atoms with Crippen LogP contribution in [-0.2, 0) is 9.47 Å². The molecule has 2 fully saturated rings. The molecule has 2 nitrogen and oxygen atoms in total. The maximum absolute atomic E-state index is 5.12. The molecule has 0 aromatic heterocycles. The Kier molecular flexibility index (Phi) is 8.81. The normalized spacial score (nSPS) is 24.8. The van der Waals surface area contributed by atoms with Crippen molar-refractivity contribution < 1.29 is 9.47 Å². The SMILES string of the molecule is C.C.CC1(C)CCCS1.CC1(C)OCCO1. The van der Waals surface area contributed by atoms with Gasteiger partial charge in [0.25, 0.3) is 0 Å². The van der Waals surface area contributed by atoms with Gasteiger partial charge in [-0.1, -0.05) is 28.7 Å². The van der Waals surface area contributed by atoms with E-state index in [-0.39, 0.29) is 20.6 Å². The zero-order valence-corrected chi connectivity index (χ0v) is 10.6. The molecule has 0 N–H and O–H groups in total. The molecule has 0 bridgehead atoms. The molecule has 0 aromatic rings. The first kappa shape index (κ1) is 18.6. The third kappa shape index (κ3) is 7.53. The summed E-state index contributed by atoms with van der Waals surface area (Å²) in [5, 5.41) is 0. The summed E-state index contributed by atoms with van der Waals surface area (Å²) in [4.78, 5) is 0. The number of rotatable bonds is 0. The summed E-state index contributed by atoms with van der Waals surface area (Å²) in [5.41, 5.74) is 0. The first-order chi connectivity index (χ1) is 6.41. The summed E-state index contributed by atoms with van der Waals surface area (Å²) in [6, 6.07) is 0. The van der Waals surface area contributed by atoms with Crippen LogP contribution in [0.1, 0.15) is 55.4 Å². The van der Waals surface area contributed by atoms with E-state index in [9.17, 15) is 0 Å². The first-order valence-corrected chi connectivity index (χ1v) is 6.32. The van der Waals surface area contributed by atoms with Gasteiger partial charge in [0.1, 0.15) is 0 Å². The van der Waals surface area contributed by atoms with Crippen LogP contribution in [0, 0.1) is 0 Å². The van der Waals surface area contributed by atoms with Crippen molar-refractivity contribution in [3.63, 3.8) is 0 Å². The Bertz CT molecular complexity index is 143. The maximum Gasteiger partial charge on any atom is 0.162 e. The van der Waals surface area contributed by atoms with Crippen LogP contribution in [0.4, 0.5) is 0 Å². The Labute approximate surface area is 106 Å². The number of hydrogen-bond donors (Lipinski definition) is 0. The fourth-order valence-corrected chi connectivity index (χ4v) is 2.67. The van der Waals surface area contributed by atoms with Crippen molar-refractivity contribution in [2.45, 2.75) is 65.9 Å². The molecule has 3 heteroatoms. The third-order valence-corrected chi connectivity index (χ3v) is 3.88. The Morgan fingerprint density at radius 3 is 1.56 bits per heavy atom. The molecule has 2 rings (SSSR count). The van der Waals surface area contributed by atoms with Crippen LogP contribution in [0.5, 0.6) is 0 Å². The van der Waals surface area contributed by atoms with Crippen molar-refractivity contribution in [2.75, 3.05) is 19.0 Å². The van der Waals surface area contributed by atoms with Crippen LogP contribution in [-0.4, -0.2) is 29.5 Å². The lowest BCUT2D eigenvalue weighted by Crippen LogP contribution is -2.18. The standard InChI is InChI=1S/C6H12S.C5H10O2.2CH4/c1-6(2)4-3-5-7-6;1-5(2)6-3-4-7-5;;/h3-5H2,1-2H3;3-4H2,1-2H3;2*1H4. The van der Waals surface area contributed by atoms with Crippen molar-refractivity contribution in [1.82, 2.24) is 0 Å². The van der Waals surface area contributed by atoms with E-state index >= 15 is 0 Å². The van der Waals surface area contributed by atoms with Crippen LogP contribution in [0.2, 0.25) is 0 Å². The minimum absolute atomic E-state index is 0. The molecule has 100 valence electrons. The minimum Gasteiger partial charge on any atom is -0.348 e. The second-order valence-electron chi connectivity index (χ2n) is 4.81. The van der Waals surface area contributed by atoms with E-state index < -0.39 is 0 Å². The molecular weight excluding hydrogens is 220 g/mol. The Balaban J connectivity index is 0. The summed E-state index contributed by atoms with van der Waals surface area (Å²) < 4.78 is 10.8. The largest absolute Gasteiger partial charge is 0.348 e. The van der Waals surface area contributed by atoms with Gasteiger partial charge in [-0.25, -0.2) is 0 Å². The molecule has 0 radical (unpaired) electrons. The molecule has 0 spiro atoms. The van der Waals surface area contributed by atoms with Crippen molar-refractivity contribution in [3.05, 3.63) is 0 Å². The Morgan fingerprint density at radius 1 is 0.938 bits per heavy atom. The minimum atomic E-state index is -0.306. The quantitative estimate of drug-likeness (QED) is 0.637. The molecule has 2 aliphatic rings. The van der Waals surface area contributed by atoms with E-state index in [0.717, 1.165) is 13.2 Å². The molecule has 0 saturated carbocycles. The molecule has 2 saturated heterocycles. The van der Waals surface area contributed by atoms with E-state index in [4.69, 9.17) is 9.47 Å². The van der Waals surface area contributed by atoms with Gasteiger partial charge in [0.15, 0.2) is 5.79 Å². The summed E-state index contributed by atoms with van der Waals surface area (Å²) >= 11 is 2.10. The smallest absolute Gasteiger partial charge is 0.162 e. The molecule has 2 aliphatic heterocycles. The van der Waals surface area contributed by atoms with Gasteiger partial charge in [-0.15, -0.1) is 0 Å². The number of thioether (sulfide) groups is 1. The second kappa shape index (κ2) is 7.57. The third-order valence-electron chi connectivity index (χ3n) is 2.40. The molecular formula is C13H30O2S. The Hall–Kier alpha value is 0.270. The lowest BCUT2D eigenvalue weighted by atomic mass is 10.1. The van der Waals surface area contributed by atoms with Crippen LogP contribution in [0.25, 0.3) is 0 Å². The zero-order chi connectivity index (χ0) is 10.7. The van der Waals surface area contributed by atoms with Gasteiger partial charge in [-0.05, 0) is 32.4 Å². The predicted molar refractivity (Wildman–Crippen MR) is 75.2 cm³/mol. The highest BCUT2D eigenvalue weighted by molar-refractivity contribution is 8.00. The van der Waals surface area contributed by atoms with Crippen molar-refractivity contribution >= 4 is 11.8 Å². The van der Waals surface area contributed by atoms with Gasteiger partial charge in [-0.2, -0.15) is 11.8 Å². The second-order valence-corrected chi connectivity index (χ2v) is 6.61. The van der Waals surface area contributed by atoms with E-state index in [2.05, 4.69) is 25.6 Å². The molecule has 0 atom stereocenters. The molecule has 2 heterocycles. The maximum atomic E-state index is 5.12. The fraction of sp³-hybridized carbons (Fsp3) is 1.00. The van der Waals surface area contributed by atoms with E-state index in [1.165, 1.54) is 18.6 Å². The molecule has 0 aromatic carbocycles. The van der Waals surface area contributed by atoms with Crippen LogP contribution >= 0.6 is 11.8 Å². The van der Waals surface area contributed by atoms with Gasteiger partial charge in [0.05, 0.1) is 13.2 Å². The van der Waals surface area contributed by atoms with E-state index in [0.29, 0.717) is 4.75 Å². The Morgan fingerprint density at radius 2 is 1.44 bits per heavy atom. The summed E-state index contributed by atoms with van der Waals surface area (Å²) in [7, 11) is 0. The van der Waals surface area contributed by atoms with Gasteiger partial charge >= 0.3 is 0 Å². The summed E-state index contributed by atoms with van der Waals surface area (Å²) in [5.74, 6) is 1.08. The van der Waals surface area contributed by atoms with Crippen LogP contribution in [0.3, 0.4) is 0 Å². The first-order valence-electron chi connectivity index (χ1n) is 5.33. The van der Waals surface area contributed by atoms with Crippen molar-refractivity contribution in [2.24, 2.45) is 0 Å². The van der Waals surface area contributed by atoms with Crippen LogP contribution < -0.4 is 0 Å². The van der Waals surface area contributed by atoms with Crippen molar-refractivity contribution in [1.29, 1.82) is 0 Å². The van der Waals surface area contributed by atoms with Gasteiger partial charge in [0, 0.05) is 4.75 Å². The average Bonchev–Trinajstić information content (AvgIpc) is 2.60. The zero-order valence-electron chi connectivity index (χ0n) is 9.76. The van der Waals surface area contributed by atoms with Crippen LogP contribution in [0.15, 0.2) is 0 Å².